The first-order chi connectivity index (χ1) is 12.7. The normalized spacial score (nSPS) is 15.4. The highest BCUT2D eigenvalue weighted by Gasteiger charge is 2.14. The first-order valence-electron chi connectivity index (χ1n) is 8.43. The van der Waals surface area contributed by atoms with Crippen LogP contribution in [0.4, 0.5) is 15.3 Å². The van der Waals surface area contributed by atoms with Crippen molar-refractivity contribution in [2.75, 3.05) is 50.4 Å². The molecule has 4 rings (SSSR count). The van der Waals surface area contributed by atoms with Crippen LogP contribution in [0.2, 0.25) is 0 Å². The van der Waals surface area contributed by atoms with Gasteiger partial charge in [0.1, 0.15) is 16.3 Å². The Hall–Kier alpha value is -2.36. The van der Waals surface area contributed by atoms with E-state index in [1.54, 1.807) is 12.1 Å². The zero-order valence-electron chi connectivity index (χ0n) is 14.1. The van der Waals surface area contributed by atoms with E-state index in [0.717, 1.165) is 49.2 Å². The van der Waals surface area contributed by atoms with Gasteiger partial charge < -0.3 is 15.8 Å². The zero-order valence-corrected chi connectivity index (χ0v) is 14.9. The fourth-order valence-electron chi connectivity index (χ4n) is 2.79. The quantitative estimate of drug-likeness (QED) is 0.708. The summed E-state index contributed by atoms with van der Waals surface area (Å²) < 4.78 is 19.2. The largest absolute Gasteiger partial charge is 0.382 e. The summed E-state index contributed by atoms with van der Waals surface area (Å²) in [5.74, 6) is 0.524. The molecule has 0 amide bonds. The van der Waals surface area contributed by atoms with E-state index in [4.69, 9.17) is 10.5 Å². The van der Waals surface area contributed by atoms with Gasteiger partial charge in [0.15, 0.2) is 16.6 Å². The maximum absolute atomic E-state index is 13.1. The van der Waals surface area contributed by atoms with Crippen LogP contribution in [-0.4, -0.2) is 59.2 Å². The van der Waals surface area contributed by atoms with Crippen molar-refractivity contribution in [3.05, 3.63) is 30.1 Å². The third-order valence-electron chi connectivity index (χ3n) is 4.19. The zero-order chi connectivity index (χ0) is 17.9. The van der Waals surface area contributed by atoms with Gasteiger partial charge in [-0.05, 0) is 24.3 Å². The van der Waals surface area contributed by atoms with E-state index in [1.165, 1.54) is 23.5 Å². The van der Waals surface area contributed by atoms with Gasteiger partial charge in [-0.25, -0.2) is 14.4 Å². The number of hydrogen-bond acceptors (Lipinski definition) is 8. The van der Waals surface area contributed by atoms with Gasteiger partial charge in [0.2, 0.25) is 0 Å². The summed E-state index contributed by atoms with van der Waals surface area (Å²) in [5.41, 5.74) is 7.33. The standard InChI is InChI=1S/C17H19FN6OS/c18-12-3-1-11(2-4-12)15-21-14(19)13-16(22-15)23-17(26-13)20-5-6-24-7-9-25-10-8-24/h1-4H,5-10H2,(H3,19,20,21,22,23). The number of nitrogens with one attached hydrogen (secondary N) is 1. The average molecular weight is 374 g/mol. The number of halogens is 1. The van der Waals surface area contributed by atoms with Crippen molar-refractivity contribution in [2.45, 2.75) is 0 Å². The van der Waals surface area contributed by atoms with Gasteiger partial charge in [0.25, 0.3) is 0 Å². The molecular weight excluding hydrogens is 355 g/mol. The van der Waals surface area contributed by atoms with E-state index in [-0.39, 0.29) is 5.82 Å². The molecule has 26 heavy (non-hydrogen) atoms. The van der Waals surface area contributed by atoms with Crippen LogP contribution in [-0.2, 0) is 4.74 Å². The molecule has 3 aromatic rings. The number of morpholine rings is 1. The van der Waals surface area contributed by atoms with Crippen molar-refractivity contribution in [2.24, 2.45) is 0 Å². The molecule has 7 nitrogen and oxygen atoms in total. The number of thiazole rings is 1. The first kappa shape index (κ1) is 17.1. The molecular formula is C17H19FN6OS. The minimum atomic E-state index is -0.303. The van der Waals surface area contributed by atoms with E-state index in [1.807, 2.05) is 0 Å². The van der Waals surface area contributed by atoms with Gasteiger partial charge in [-0.3, -0.25) is 4.90 Å². The third-order valence-corrected chi connectivity index (χ3v) is 5.22. The molecule has 9 heteroatoms. The molecule has 0 radical (unpaired) electrons. The average Bonchev–Trinajstić information content (AvgIpc) is 3.07. The minimum absolute atomic E-state index is 0.303. The summed E-state index contributed by atoms with van der Waals surface area (Å²) >= 11 is 1.44. The Bertz CT molecular complexity index is 894. The number of nitrogen functional groups attached to an aromatic ring is 1. The van der Waals surface area contributed by atoms with E-state index in [0.29, 0.717) is 22.9 Å². The number of fused-ring (bicyclic) bond motifs is 1. The lowest BCUT2D eigenvalue weighted by molar-refractivity contribution is 0.0398. The number of ether oxygens (including phenoxy) is 1. The van der Waals surface area contributed by atoms with Crippen molar-refractivity contribution in [3.8, 4) is 11.4 Å². The number of nitrogens with two attached hydrogens (primary N) is 1. The van der Waals surface area contributed by atoms with Crippen molar-refractivity contribution in [3.63, 3.8) is 0 Å². The molecule has 0 atom stereocenters. The van der Waals surface area contributed by atoms with Gasteiger partial charge in [-0.1, -0.05) is 11.3 Å². The van der Waals surface area contributed by atoms with Gasteiger partial charge in [-0.2, -0.15) is 4.98 Å². The second-order valence-corrected chi connectivity index (χ2v) is 6.99. The molecule has 0 aliphatic carbocycles. The Kier molecular flexibility index (Phi) is 4.91. The maximum Gasteiger partial charge on any atom is 0.185 e. The fraction of sp³-hybridized carbons (Fsp3) is 0.353. The highest BCUT2D eigenvalue weighted by molar-refractivity contribution is 7.22. The number of aromatic nitrogens is 3. The lowest BCUT2D eigenvalue weighted by atomic mass is 10.2. The molecule has 0 spiro atoms. The SMILES string of the molecule is Nc1nc(-c2ccc(F)cc2)nc2nc(NCCN3CCOCC3)sc12. The second kappa shape index (κ2) is 7.48. The summed E-state index contributed by atoms with van der Waals surface area (Å²) in [4.78, 5) is 15.7. The summed E-state index contributed by atoms with van der Waals surface area (Å²) in [6.07, 6.45) is 0. The Balaban J connectivity index is 1.49. The van der Waals surface area contributed by atoms with Crippen LogP contribution in [0.15, 0.2) is 24.3 Å². The van der Waals surface area contributed by atoms with Crippen LogP contribution in [0, 0.1) is 5.82 Å². The summed E-state index contributed by atoms with van der Waals surface area (Å²) in [6.45, 7) is 5.22. The topological polar surface area (TPSA) is 89.2 Å². The van der Waals surface area contributed by atoms with Crippen LogP contribution < -0.4 is 11.1 Å². The third kappa shape index (κ3) is 3.74. The smallest absolute Gasteiger partial charge is 0.185 e. The van der Waals surface area contributed by atoms with Crippen molar-refractivity contribution >= 4 is 32.6 Å². The predicted octanol–water partition coefficient (Wildman–Crippen LogP) is 2.22. The molecule has 1 saturated heterocycles. The number of hydrogen-bond donors (Lipinski definition) is 2. The Morgan fingerprint density at radius 2 is 1.92 bits per heavy atom. The molecule has 0 bridgehead atoms. The molecule has 0 saturated carbocycles. The molecule has 2 aromatic heterocycles. The van der Waals surface area contributed by atoms with Gasteiger partial charge >= 0.3 is 0 Å². The lowest BCUT2D eigenvalue weighted by Crippen LogP contribution is -2.38. The van der Waals surface area contributed by atoms with Gasteiger partial charge in [0.05, 0.1) is 13.2 Å². The number of anilines is 2. The summed E-state index contributed by atoms with van der Waals surface area (Å²) in [5, 5.41) is 4.10. The Labute approximate surface area is 154 Å². The van der Waals surface area contributed by atoms with E-state index in [2.05, 4.69) is 25.2 Å². The summed E-state index contributed by atoms with van der Waals surface area (Å²) in [6, 6.07) is 6.01. The van der Waals surface area contributed by atoms with Gasteiger partial charge in [-0.15, -0.1) is 0 Å². The monoisotopic (exact) mass is 374 g/mol. The predicted molar refractivity (Wildman–Crippen MR) is 101 cm³/mol. The molecule has 1 aromatic carbocycles. The Morgan fingerprint density at radius 3 is 2.69 bits per heavy atom. The van der Waals surface area contributed by atoms with Crippen molar-refractivity contribution in [1.82, 2.24) is 19.9 Å². The molecule has 1 aliphatic rings. The molecule has 0 unspecified atom stereocenters. The molecule has 3 N–H and O–H groups in total. The van der Waals surface area contributed by atoms with Gasteiger partial charge in [0, 0.05) is 31.7 Å². The molecule has 3 heterocycles. The van der Waals surface area contributed by atoms with Crippen LogP contribution in [0.1, 0.15) is 0 Å². The minimum Gasteiger partial charge on any atom is -0.382 e. The molecule has 136 valence electrons. The number of nitrogens with zero attached hydrogens (tertiary/aromatic N) is 4. The van der Waals surface area contributed by atoms with E-state index in [9.17, 15) is 4.39 Å². The summed E-state index contributed by atoms with van der Waals surface area (Å²) in [7, 11) is 0. The fourth-order valence-corrected chi connectivity index (χ4v) is 3.63. The van der Waals surface area contributed by atoms with E-state index >= 15 is 0 Å². The first-order valence-corrected chi connectivity index (χ1v) is 9.24. The van der Waals surface area contributed by atoms with Crippen LogP contribution in [0.5, 0.6) is 0 Å². The van der Waals surface area contributed by atoms with Crippen LogP contribution >= 0.6 is 11.3 Å². The molecule has 1 aliphatic heterocycles. The number of rotatable bonds is 5. The second-order valence-electron chi connectivity index (χ2n) is 5.99. The van der Waals surface area contributed by atoms with Crippen molar-refractivity contribution < 1.29 is 9.13 Å². The highest BCUT2D eigenvalue weighted by Crippen LogP contribution is 2.30. The maximum atomic E-state index is 13.1. The van der Waals surface area contributed by atoms with Crippen LogP contribution in [0.25, 0.3) is 21.7 Å². The highest BCUT2D eigenvalue weighted by atomic mass is 32.1. The van der Waals surface area contributed by atoms with E-state index < -0.39 is 0 Å². The number of benzene rings is 1. The molecule has 1 fully saturated rings. The lowest BCUT2D eigenvalue weighted by Gasteiger charge is -2.26. The van der Waals surface area contributed by atoms with Crippen LogP contribution in [0.3, 0.4) is 0 Å². The van der Waals surface area contributed by atoms with Crippen molar-refractivity contribution in [1.29, 1.82) is 0 Å². The Morgan fingerprint density at radius 1 is 1.15 bits per heavy atom.